The summed E-state index contributed by atoms with van der Waals surface area (Å²) in [5.41, 5.74) is -0.151. The highest BCUT2D eigenvalue weighted by Crippen LogP contribution is 2.09. The summed E-state index contributed by atoms with van der Waals surface area (Å²) in [7, 11) is -3.57. The number of carboxylic acids is 1. The van der Waals surface area contributed by atoms with Crippen molar-refractivity contribution in [3.8, 4) is 0 Å². The first kappa shape index (κ1) is 10.7. The zero-order chi connectivity index (χ0) is 10.8. The van der Waals surface area contributed by atoms with E-state index in [1.54, 1.807) is 6.92 Å². The summed E-state index contributed by atoms with van der Waals surface area (Å²) in [6.07, 6.45) is 1.14. The zero-order valence-corrected chi connectivity index (χ0v) is 8.26. The van der Waals surface area contributed by atoms with Crippen LogP contribution in [0.5, 0.6) is 0 Å². The van der Waals surface area contributed by atoms with Crippen molar-refractivity contribution in [3.05, 3.63) is 18.0 Å². The molecule has 0 spiro atoms. The standard InChI is InChI=1S/C7H10N2O4S/c1-2-9-14(12,13)5-3-6(7(10)11)8-4-5/h3-4,8-9H,2H2,1H3,(H,10,11). The summed E-state index contributed by atoms with van der Waals surface area (Å²) in [5.74, 6) is -1.19. The lowest BCUT2D eigenvalue weighted by Crippen LogP contribution is -2.22. The molecule has 1 aromatic heterocycles. The van der Waals surface area contributed by atoms with Crippen LogP contribution < -0.4 is 4.72 Å². The molecule has 78 valence electrons. The molecule has 0 aliphatic rings. The van der Waals surface area contributed by atoms with Crippen LogP contribution in [0.15, 0.2) is 17.2 Å². The van der Waals surface area contributed by atoms with Crippen LogP contribution in [-0.2, 0) is 10.0 Å². The van der Waals surface area contributed by atoms with Gasteiger partial charge < -0.3 is 10.1 Å². The quantitative estimate of drug-likeness (QED) is 0.662. The van der Waals surface area contributed by atoms with E-state index in [1.165, 1.54) is 0 Å². The minimum atomic E-state index is -3.57. The largest absolute Gasteiger partial charge is 0.477 e. The van der Waals surface area contributed by atoms with E-state index in [4.69, 9.17) is 5.11 Å². The summed E-state index contributed by atoms with van der Waals surface area (Å²) in [6.45, 7) is 1.90. The van der Waals surface area contributed by atoms with Gasteiger partial charge in [0.05, 0.1) is 0 Å². The number of hydrogen-bond acceptors (Lipinski definition) is 3. The molecule has 0 radical (unpaired) electrons. The molecule has 0 saturated heterocycles. The number of H-pyrrole nitrogens is 1. The molecule has 0 bridgehead atoms. The number of carbonyl (C=O) groups is 1. The Balaban J connectivity index is 3.03. The predicted molar refractivity (Wildman–Crippen MR) is 48.6 cm³/mol. The fourth-order valence-electron chi connectivity index (χ4n) is 0.926. The lowest BCUT2D eigenvalue weighted by Gasteiger charge is -1.99. The number of sulfonamides is 1. The zero-order valence-electron chi connectivity index (χ0n) is 7.44. The molecule has 6 nitrogen and oxygen atoms in total. The van der Waals surface area contributed by atoms with Gasteiger partial charge in [-0.1, -0.05) is 6.92 Å². The van der Waals surface area contributed by atoms with E-state index in [2.05, 4.69) is 9.71 Å². The monoisotopic (exact) mass is 218 g/mol. The molecule has 0 aliphatic heterocycles. The van der Waals surface area contributed by atoms with Gasteiger partial charge in [-0.15, -0.1) is 0 Å². The molecule has 3 N–H and O–H groups in total. The Morgan fingerprint density at radius 3 is 2.71 bits per heavy atom. The SMILES string of the molecule is CCNS(=O)(=O)c1c[nH]c(C(=O)O)c1. The second-order valence-electron chi connectivity index (χ2n) is 2.56. The van der Waals surface area contributed by atoms with E-state index in [0.717, 1.165) is 12.3 Å². The van der Waals surface area contributed by atoms with Gasteiger partial charge in [-0.05, 0) is 6.07 Å². The van der Waals surface area contributed by atoms with Crippen LogP contribution in [0, 0.1) is 0 Å². The Hall–Kier alpha value is -1.34. The minimum Gasteiger partial charge on any atom is -0.477 e. The van der Waals surface area contributed by atoms with E-state index in [0.29, 0.717) is 0 Å². The van der Waals surface area contributed by atoms with E-state index in [9.17, 15) is 13.2 Å². The van der Waals surface area contributed by atoms with Crippen LogP contribution >= 0.6 is 0 Å². The lowest BCUT2D eigenvalue weighted by molar-refractivity contribution is 0.0691. The Morgan fingerprint density at radius 1 is 1.64 bits per heavy atom. The fourth-order valence-corrected chi connectivity index (χ4v) is 1.96. The van der Waals surface area contributed by atoms with Crippen LogP contribution in [0.3, 0.4) is 0 Å². The Bertz CT molecular complexity index is 434. The molecule has 14 heavy (non-hydrogen) atoms. The highest BCUT2D eigenvalue weighted by molar-refractivity contribution is 7.89. The predicted octanol–water partition coefficient (Wildman–Crippen LogP) is 0.0111. The van der Waals surface area contributed by atoms with Crippen molar-refractivity contribution in [3.63, 3.8) is 0 Å². The van der Waals surface area contributed by atoms with Crippen molar-refractivity contribution in [2.24, 2.45) is 0 Å². The van der Waals surface area contributed by atoms with Crippen molar-refractivity contribution >= 4 is 16.0 Å². The number of aromatic amines is 1. The number of aromatic carboxylic acids is 1. The molecule has 0 saturated carbocycles. The second-order valence-corrected chi connectivity index (χ2v) is 4.32. The lowest BCUT2D eigenvalue weighted by atomic mass is 10.4. The number of carboxylic acid groups (broad SMARTS) is 1. The number of nitrogens with one attached hydrogen (secondary N) is 2. The summed E-state index contributed by atoms with van der Waals surface area (Å²) in [5, 5.41) is 8.55. The maximum Gasteiger partial charge on any atom is 0.352 e. The van der Waals surface area contributed by atoms with Crippen molar-refractivity contribution in [1.82, 2.24) is 9.71 Å². The summed E-state index contributed by atoms with van der Waals surface area (Å²) < 4.78 is 24.9. The minimum absolute atomic E-state index is 0.0725. The molecule has 1 aromatic rings. The second kappa shape index (κ2) is 3.81. The highest BCUT2D eigenvalue weighted by atomic mass is 32.2. The molecule has 7 heteroatoms. The highest BCUT2D eigenvalue weighted by Gasteiger charge is 2.16. The maximum atomic E-state index is 11.3. The van der Waals surface area contributed by atoms with Gasteiger partial charge in [-0.3, -0.25) is 0 Å². The summed E-state index contributed by atoms with van der Waals surface area (Å²) in [4.78, 5) is 12.7. The van der Waals surface area contributed by atoms with Gasteiger partial charge in [0.15, 0.2) is 0 Å². The van der Waals surface area contributed by atoms with Crippen LogP contribution in [-0.4, -0.2) is 31.0 Å². The normalized spacial score (nSPS) is 11.5. The average molecular weight is 218 g/mol. The van der Waals surface area contributed by atoms with Gasteiger partial charge in [0.2, 0.25) is 10.0 Å². The molecule has 0 aliphatic carbocycles. The topological polar surface area (TPSA) is 99.3 Å². The average Bonchev–Trinajstić information content (AvgIpc) is 2.51. The number of aromatic nitrogens is 1. The number of rotatable bonds is 4. The fraction of sp³-hybridized carbons (Fsp3) is 0.286. The van der Waals surface area contributed by atoms with Crippen LogP contribution in [0.1, 0.15) is 17.4 Å². The Morgan fingerprint density at radius 2 is 2.29 bits per heavy atom. The van der Waals surface area contributed by atoms with Crippen LogP contribution in [0.25, 0.3) is 0 Å². The Labute approximate surface area is 81.0 Å². The molecule has 0 aromatic carbocycles. The molecule has 0 amide bonds. The molecular weight excluding hydrogens is 208 g/mol. The molecule has 0 unspecified atom stereocenters. The van der Waals surface area contributed by atoms with Crippen LogP contribution in [0.2, 0.25) is 0 Å². The first-order chi connectivity index (χ1) is 6.47. The van der Waals surface area contributed by atoms with Gasteiger partial charge >= 0.3 is 5.97 Å². The van der Waals surface area contributed by atoms with Gasteiger partial charge in [0.25, 0.3) is 0 Å². The van der Waals surface area contributed by atoms with E-state index >= 15 is 0 Å². The third-order valence-corrected chi connectivity index (χ3v) is 3.06. The number of hydrogen-bond donors (Lipinski definition) is 3. The first-order valence-electron chi connectivity index (χ1n) is 3.88. The molecule has 1 heterocycles. The van der Waals surface area contributed by atoms with Crippen molar-refractivity contribution < 1.29 is 18.3 Å². The van der Waals surface area contributed by atoms with Gasteiger partial charge in [-0.2, -0.15) is 0 Å². The maximum absolute atomic E-state index is 11.3. The summed E-state index contributed by atoms with van der Waals surface area (Å²) in [6, 6.07) is 1.07. The molecular formula is C7H10N2O4S. The van der Waals surface area contributed by atoms with E-state index < -0.39 is 16.0 Å². The molecule has 0 fully saturated rings. The molecule has 0 atom stereocenters. The van der Waals surface area contributed by atoms with Gasteiger partial charge in [-0.25, -0.2) is 17.9 Å². The van der Waals surface area contributed by atoms with E-state index in [1.807, 2.05) is 0 Å². The first-order valence-corrected chi connectivity index (χ1v) is 5.37. The van der Waals surface area contributed by atoms with Gasteiger partial charge in [0.1, 0.15) is 10.6 Å². The van der Waals surface area contributed by atoms with Crippen molar-refractivity contribution in [2.45, 2.75) is 11.8 Å². The third kappa shape index (κ3) is 2.12. The Kier molecular flexibility index (Phi) is 2.92. The molecule has 1 rings (SSSR count). The van der Waals surface area contributed by atoms with E-state index in [-0.39, 0.29) is 17.1 Å². The third-order valence-electron chi connectivity index (χ3n) is 1.53. The van der Waals surface area contributed by atoms with Gasteiger partial charge in [0, 0.05) is 12.7 Å². The smallest absolute Gasteiger partial charge is 0.352 e. The van der Waals surface area contributed by atoms with Crippen LogP contribution in [0.4, 0.5) is 0 Å². The van der Waals surface area contributed by atoms with Crippen molar-refractivity contribution in [2.75, 3.05) is 6.54 Å². The summed E-state index contributed by atoms with van der Waals surface area (Å²) >= 11 is 0. The van der Waals surface area contributed by atoms with Crippen molar-refractivity contribution in [1.29, 1.82) is 0 Å².